The molecule has 0 aliphatic heterocycles. The van der Waals surface area contributed by atoms with E-state index in [1.54, 1.807) is 23.6 Å². The summed E-state index contributed by atoms with van der Waals surface area (Å²) in [5, 5.41) is 1.97. The predicted octanol–water partition coefficient (Wildman–Crippen LogP) is 3.29. The minimum absolute atomic E-state index is 0.322. The first kappa shape index (κ1) is 11.7. The molecule has 1 unspecified atom stereocenters. The van der Waals surface area contributed by atoms with Crippen molar-refractivity contribution in [2.24, 2.45) is 5.73 Å². The molecule has 0 amide bonds. The van der Waals surface area contributed by atoms with Crippen LogP contribution in [0.5, 0.6) is 0 Å². The number of nitrogens with zero attached hydrogens (tertiary/aromatic N) is 1. The molecule has 2 N–H and O–H groups in total. The highest BCUT2D eigenvalue weighted by molar-refractivity contribution is 9.10. The molecule has 1 atom stereocenters. The van der Waals surface area contributed by atoms with Gasteiger partial charge >= 0.3 is 0 Å². The molecule has 0 radical (unpaired) electrons. The molecule has 0 bridgehead atoms. The second-order valence-corrected chi connectivity index (χ2v) is 5.23. The van der Waals surface area contributed by atoms with Gasteiger partial charge in [0.2, 0.25) is 0 Å². The fourth-order valence-electron chi connectivity index (χ4n) is 1.44. The van der Waals surface area contributed by atoms with E-state index in [9.17, 15) is 4.39 Å². The maximum atomic E-state index is 13.4. The van der Waals surface area contributed by atoms with Crippen LogP contribution in [0.4, 0.5) is 4.39 Å². The van der Waals surface area contributed by atoms with Crippen LogP contribution < -0.4 is 5.73 Å². The van der Waals surface area contributed by atoms with Crippen LogP contribution in [0, 0.1) is 5.82 Å². The van der Waals surface area contributed by atoms with Gasteiger partial charge < -0.3 is 5.73 Å². The summed E-state index contributed by atoms with van der Waals surface area (Å²) in [6.45, 7) is 0. The van der Waals surface area contributed by atoms with E-state index >= 15 is 0 Å². The van der Waals surface area contributed by atoms with Gasteiger partial charge in [-0.2, -0.15) is 0 Å². The van der Waals surface area contributed by atoms with Crippen LogP contribution >= 0.6 is 27.3 Å². The van der Waals surface area contributed by atoms with E-state index in [-0.39, 0.29) is 5.82 Å². The third-order valence-electron chi connectivity index (χ3n) is 2.23. The molecule has 2 aromatic rings. The highest BCUT2D eigenvalue weighted by Crippen LogP contribution is 2.27. The molecule has 0 aliphatic carbocycles. The maximum absolute atomic E-state index is 13.4. The molecule has 84 valence electrons. The third kappa shape index (κ3) is 2.48. The topological polar surface area (TPSA) is 38.9 Å². The third-order valence-corrected chi connectivity index (χ3v) is 4.18. The Bertz CT molecular complexity index is 486. The highest BCUT2D eigenvalue weighted by atomic mass is 79.9. The van der Waals surface area contributed by atoms with Crippen molar-refractivity contribution in [3.63, 3.8) is 0 Å². The van der Waals surface area contributed by atoms with Crippen molar-refractivity contribution in [1.29, 1.82) is 0 Å². The first-order valence-electron chi connectivity index (χ1n) is 4.76. The van der Waals surface area contributed by atoms with Crippen LogP contribution in [0.1, 0.15) is 16.6 Å². The summed E-state index contributed by atoms with van der Waals surface area (Å²) in [5.74, 6) is -0.345. The number of halogens is 2. The van der Waals surface area contributed by atoms with Gasteiger partial charge in [0.25, 0.3) is 0 Å². The van der Waals surface area contributed by atoms with E-state index in [0.29, 0.717) is 12.1 Å². The van der Waals surface area contributed by atoms with E-state index in [1.807, 2.05) is 11.4 Å². The summed E-state index contributed by atoms with van der Waals surface area (Å²) in [6, 6.07) is 4.50. The van der Waals surface area contributed by atoms with E-state index < -0.39 is 6.04 Å². The fourth-order valence-corrected chi connectivity index (χ4v) is 3.01. The van der Waals surface area contributed by atoms with Crippen molar-refractivity contribution in [2.75, 3.05) is 0 Å². The average molecular weight is 301 g/mol. The van der Waals surface area contributed by atoms with Crippen LogP contribution in [0.15, 0.2) is 34.2 Å². The van der Waals surface area contributed by atoms with Gasteiger partial charge in [0.15, 0.2) is 0 Å². The second kappa shape index (κ2) is 5.03. The van der Waals surface area contributed by atoms with Gasteiger partial charge in [-0.1, -0.05) is 0 Å². The number of hydrogen-bond donors (Lipinski definition) is 1. The van der Waals surface area contributed by atoms with Crippen LogP contribution in [0.2, 0.25) is 0 Å². The monoisotopic (exact) mass is 300 g/mol. The van der Waals surface area contributed by atoms with Crippen molar-refractivity contribution in [2.45, 2.75) is 12.5 Å². The lowest BCUT2D eigenvalue weighted by Crippen LogP contribution is -2.16. The summed E-state index contributed by atoms with van der Waals surface area (Å²) in [6.07, 6.45) is 2.15. The van der Waals surface area contributed by atoms with Crippen LogP contribution in [0.25, 0.3) is 0 Å². The minimum atomic E-state index is -0.406. The predicted molar refractivity (Wildman–Crippen MR) is 66.8 cm³/mol. The Morgan fingerprint density at radius 3 is 2.94 bits per heavy atom. The fraction of sp³-hybridized carbons (Fsp3) is 0.182. The highest BCUT2D eigenvalue weighted by Gasteiger charge is 2.15. The number of aromatic nitrogens is 1. The Balaban J connectivity index is 2.18. The Morgan fingerprint density at radius 1 is 1.50 bits per heavy atom. The number of hydrogen-bond acceptors (Lipinski definition) is 3. The SMILES string of the molecule is NC(Cc1sccc1Br)c1ncccc1F. The first-order chi connectivity index (χ1) is 7.68. The van der Waals surface area contributed by atoms with Gasteiger partial charge in [-0.3, -0.25) is 4.98 Å². The average Bonchev–Trinajstić information content (AvgIpc) is 2.65. The lowest BCUT2D eigenvalue weighted by atomic mass is 10.1. The standard InChI is InChI=1S/C11H10BrFN2S/c12-7-3-5-16-10(7)6-9(14)11-8(13)2-1-4-15-11/h1-5,9H,6,14H2. The summed E-state index contributed by atoms with van der Waals surface area (Å²) >= 11 is 5.03. The molecule has 0 aromatic carbocycles. The van der Waals surface area contributed by atoms with Crippen molar-refractivity contribution in [3.8, 4) is 0 Å². The molecular formula is C11H10BrFN2S. The second-order valence-electron chi connectivity index (χ2n) is 3.37. The van der Waals surface area contributed by atoms with Crippen LogP contribution in [0.3, 0.4) is 0 Å². The van der Waals surface area contributed by atoms with Crippen LogP contribution in [-0.2, 0) is 6.42 Å². The van der Waals surface area contributed by atoms with Gasteiger partial charge in [-0.25, -0.2) is 4.39 Å². The van der Waals surface area contributed by atoms with Gasteiger partial charge in [0.05, 0.1) is 11.7 Å². The molecule has 16 heavy (non-hydrogen) atoms. The van der Waals surface area contributed by atoms with Crippen molar-refractivity contribution in [1.82, 2.24) is 4.98 Å². The Hall–Kier alpha value is -0.780. The van der Waals surface area contributed by atoms with Gasteiger partial charge in [0, 0.05) is 22.0 Å². The van der Waals surface area contributed by atoms with Gasteiger partial charge in [-0.15, -0.1) is 11.3 Å². The zero-order valence-electron chi connectivity index (χ0n) is 8.36. The Kier molecular flexibility index (Phi) is 3.68. The molecule has 0 saturated carbocycles. The quantitative estimate of drug-likeness (QED) is 0.945. The molecule has 0 saturated heterocycles. The largest absolute Gasteiger partial charge is 0.322 e. The van der Waals surface area contributed by atoms with Crippen molar-refractivity contribution in [3.05, 3.63) is 50.6 Å². The molecule has 5 heteroatoms. The Labute approximate surface area is 105 Å². The number of pyridine rings is 1. The number of thiophene rings is 1. The number of rotatable bonds is 3. The molecule has 0 fully saturated rings. The summed E-state index contributed by atoms with van der Waals surface area (Å²) in [4.78, 5) is 5.09. The molecule has 2 aromatic heterocycles. The smallest absolute Gasteiger partial charge is 0.146 e. The molecular weight excluding hydrogens is 291 g/mol. The minimum Gasteiger partial charge on any atom is -0.322 e. The van der Waals surface area contributed by atoms with E-state index in [1.165, 1.54) is 6.07 Å². The van der Waals surface area contributed by atoms with E-state index in [4.69, 9.17) is 5.73 Å². The van der Waals surface area contributed by atoms with Gasteiger partial charge in [0.1, 0.15) is 5.82 Å². The molecule has 2 heterocycles. The Morgan fingerprint density at radius 2 is 2.31 bits per heavy atom. The zero-order valence-corrected chi connectivity index (χ0v) is 10.8. The molecule has 2 nitrogen and oxygen atoms in total. The zero-order chi connectivity index (χ0) is 11.5. The lowest BCUT2D eigenvalue weighted by Gasteiger charge is -2.10. The summed E-state index contributed by atoms with van der Waals surface area (Å²) in [7, 11) is 0. The van der Waals surface area contributed by atoms with Gasteiger partial charge in [-0.05, 0) is 39.5 Å². The molecule has 0 aliphatic rings. The lowest BCUT2D eigenvalue weighted by molar-refractivity contribution is 0.565. The summed E-state index contributed by atoms with van der Waals surface area (Å²) in [5.41, 5.74) is 6.26. The molecule has 0 spiro atoms. The normalized spacial score (nSPS) is 12.7. The maximum Gasteiger partial charge on any atom is 0.146 e. The van der Waals surface area contributed by atoms with Crippen molar-refractivity contribution >= 4 is 27.3 Å². The first-order valence-corrected chi connectivity index (χ1v) is 6.43. The van der Waals surface area contributed by atoms with Crippen LogP contribution in [-0.4, -0.2) is 4.98 Å². The number of nitrogens with two attached hydrogens (primary N) is 1. The van der Waals surface area contributed by atoms with Crippen molar-refractivity contribution < 1.29 is 4.39 Å². The summed E-state index contributed by atoms with van der Waals surface area (Å²) < 4.78 is 14.4. The van der Waals surface area contributed by atoms with E-state index in [2.05, 4.69) is 20.9 Å². The molecule has 2 rings (SSSR count). The van der Waals surface area contributed by atoms with E-state index in [0.717, 1.165) is 9.35 Å².